The van der Waals surface area contributed by atoms with Crippen LogP contribution in [0.5, 0.6) is 0 Å². The maximum absolute atomic E-state index is 12.8. The van der Waals surface area contributed by atoms with Crippen molar-refractivity contribution in [3.05, 3.63) is 35.6 Å². The van der Waals surface area contributed by atoms with Crippen LogP contribution in [0.15, 0.2) is 24.3 Å². The number of aliphatic carboxylic acids is 1. The van der Waals surface area contributed by atoms with Gasteiger partial charge in [0.2, 0.25) is 0 Å². The molecule has 0 saturated carbocycles. The molecule has 0 spiro atoms. The van der Waals surface area contributed by atoms with Crippen molar-refractivity contribution in [2.45, 2.75) is 19.4 Å². The van der Waals surface area contributed by atoms with Crippen LogP contribution in [-0.4, -0.2) is 36.9 Å². The number of carboxylic acids is 1. The molecule has 8 heteroatoms. The van der Waals surface area contributed by atoms with E-state index in [0.29, 0.717) is 24.9 Å². The summed E-state index contributed by atoms with van der Waals surface area (Å²) in [5, 5.41) is 8.98. The Bertz CT molecular complexity index is 603. The Morgan fingerprint density at radius 2 is 2.05 bits per heavy atom. The van der Waals surface area contributed by atoms with E-state index in [4.69, 9.17) is 5.11 Å². The van der Waals surface area contributed by atoms with Gasteiger partial charge < -0.3 is 5.11 Å². The van der Waals surface area contributed by atoms with Crippen LogP contribution in [0.3, 0.4) is 0 Å². The quantitative estimate of drug-likeness (QED) is 0.847. The van der Waals surface area contributed by atoms with Crippen molar-refractivity contribution in [3.63, 3.8) is 0 Å². The van der Waals surface area contributed by atoms with Crippen molar-refractivity contribution in [2.75, 3.05) is 13.1 Å². The second kappa shape index (κ2) is 6.50. The van der Waals surface area contributed by atoms with Crippen LogP contribution in [0, 0.1) is 11.7 Å². The topological polar surface area (TPSA) is 86.7 Å². The standard InChI is InChI=1S/C13H17FN2O4S/c14-12-5-3-10(4-6-12)8-15-21(19,20)16-7-1-2-11(9-16)13(17)18/h3-6,11,15H,1-2,7-9H2,(H,17,18). The van der Waals surface area contributed by atoms with E-state index in [0.717, 1.165) is 4.31 Å². The van der Waals surface area contributed by atoms with Crippen LogP contribution in [0.25, 0.3) is 0 Å². The Kier molecular flexibility index (Phi) is 4.92. The molecule has 1 aliphatic rings. The molecule has 6 nitrogen and oxygen atoms in total. The maximum atomic E-state index is 12.8. The number of nitrogens with zero attached hydrogens (tertiary/aromatic N) is 1. The smallest absolute Gasteiger partial charge is 0.307 e. The molecule has 1 fully saturated rings. The summed E-state index contributed by atoms with van der Waals surface area (Å²) in [6.45, 7) is 0.327. The molecular weight excluding hydrogens is 299 g/mol. The molecule has 21 heavy (non-hydrogen) atoms. The van der Waals surface area contributed by atoms with E-state index in [1.54, 1.807) is 0 Å². The summed E-state index contributed by atoms with van der Waals surface area (Å²) in [5.41, 5.74) is 0.631. The van der Waals surface area contributed by atoms with Crippen molar-refractivity contribution in [3.8, 4) is 0 Å². The predicted molar refractivity (Wildman–Crippen MR) is 74.1 cm³/mol. The van der Waals surface area contributed by atoms with E-state index < -0.39 is 22.1 Å². The molecule has 0 bridgehead atoms. The van der Waals surface area contributed by atoms with E-state index in [1.165, 1.54) is 24.3 Å². The monoisotopic (exact) mass is 316 g/mol. The first-order chi connectivity index (χ1) is 9.88. The van der Waals surface area contributed by atoms with E-state index in [-0.39, 0.29) is 18.9 Å². The van der Waals surface area contributed by atoms with Gasteiger partial charge in [-0.15, -0.1) is 0 Å². The average Bonchev–Trinajstić information content (AvgIpc) is 2.47. The molecule has 1 saturated heterocycles. The molecule has 116 valence electrons. The predicted octanol–water partition coefficient (Wildman–Crippen LogP) is 0.957. The van der Waals surface area contributed by atoms with Crippen LogP contribution in [0.1, 0.15) is 18.4 Å². The lowest BCUT2D eigenvalue weighted by Gasteiger charge is -2.29. The summed E-state index contributed by atoms with van der Waals surface area (Å²) >= 11 is 0. The molecule has 0 amide bonds. The molecule has 1 aliphatic heterocycles. The van der Waals surface area contributed by atoms with Crippen molar-refractivity contribution in [1.82, 2.24) is 9.03 Å². The summed E-state index contributed by atoms with van der Waals surface area (Å²) in [4.78, 5) is 11.0. The molecule has 1 heterocycles. The first-order valence-electron chi connectivity index (χ1n) is 6.60. The molecule has 1 atom stereocenters. The van der Waals surface area contributed by atoms with Crippen molar-refractivity contribution in [1.29, 1.82) is 0 Å². The minimum atomic E-state index is -3.73. The highest BCUT2D eigenvalue weighted by Gasteiger charge is 2.31. The minimum absolute atomic E-state index is 0.0198. The zero-order chi connectivity index (χ0) is 15.5. The summed E-state index contributed by atoms with van der Waals surface area (Å²) in [7, 11) is -3.73. The van der Waals surface area contributed by atoms with Gasteiger partial charge in [-0.25, -0.2) is 4.39 Å². The van der Waals surface area contributed by atoms with Crippen LogP contribution in [-0.2, 0) is 21.5 Å². The van der Waals surface area contributed by atoms with Crippen LogP contribution in [0.2, 0.25) is 0 Å². The highest BCUT2D eigenvalue weighted by Crippen LogP contribution is 2.19. The average molecular weight is 316 g/mol. The summed E-state index contributed by atoms with van der Waals surface area (Å²) in [6, 6.07) is 5.50. The van der Waals surface area contributed by atoms with Crippen LogP contribution >= 0.6 is 0 Å². The fraction of sp³-hybridized carbons (Fsp3) is 0.462. The number of carboxylic acid groups (broad SMARTS) is 1. The maximum Gasteiger partial charge on any atom is 0.307 e. The summed E-state index contributed by atoms with van der Waals surface area (Å²) in [6.07, 6.45) is 1.01. The van der Waals surface area contributed by atoms with E-state index in [9.17, 15) is 17.6 Å². The van der Waals surface area contributed by atoms with Gasteiger partial charge in [0.05, 0.1) is 5.92 Å². The van der Waals surface area contributed by atoms with Crippen LogP contribution < -0.4 is 4.72 Å². The number of nitrogens with one attached hydrogen (secondary N) is 1. The molecule has 0 radical (unpaired) electrons. The third-order valence-corrected chi connectivity index (χ3v) is 4.97. The largest absolute Gasteiger partial charge is 0.481 e. The van der Waals surface area contributed by atoms with Gasteiger partial charge in [0.15, 0.2) is 0 Å². The second-order valence-corrected chi connectivity index (χ2v) is 6.74. The lowest BCUT2D eigenvalue weighted by atomic mass is 10.0. The molecular formula is C13H17FN2O4S. The molecule has 0 aliphatic carbocycles. The number of benzene rings is 1. The highest BCUT2D eigenvalue weighted by atomic mass is 32.2. The van der Waals surface area contributed by atoms with E-state index in [2.05, 4.69) is 4.72 Å². The van der Waals surface area contributed by atoms with Gasteiger partial charge >= 0.3 is 5.97 Å². The summed E-state index contributed by atoms with van der Waals surface area (Å²) in [5.74, 6) is -2.03. The first-order valence-corrected chi connectivity index (χ1v) is 8.04. The number of hydrogen-bond donors (Lipinski definition) is 2. The Balaban J connectivity index is 1.97. The van der Waals surface area contributed by atoms with E-state index in [1.807, 2.05) is 0 Å². The number of halogens is 1. The molecule has 1 aromatic rings. The zero-order valence-corrected chi connectivity index (χ0v) is 12.1. The highest BCUT2D eigenvalue weighted by molar-refractivity contribution is 7.87. The normalized spacial score (nSPS) is 20.3. The number of carbonyl (C=O) groups is 1. The second-order valence-electron chi connectivity index (χ2n) is 4.99. The third kappa shape index (κ3) is 4.23. The lowest BCUT2D eigenvalue weighted by molar-refractivity contribution is -0.142. The fourth-order valence-corrected chi connectivity index (χ4v) is 3.51. The number of rotatable bonds is 5. The Hall–Kier alpha value is -1.51. The van der Waals surface area contributed by atoms with Crippen LogP contribution in [0.4, 0.5) is 4.39 Å². The summed E-state index contributed by atoms with van der Waals surface area (Å²) < 4.78 is 40.6. The SMILES string of the molecule is O=C(O)C1CCCN(S(=O)(=O)NCc2ccc(F)cc2)C1. The Morgan fingerprint density at radius 3 is 2.67 bits per heavy atom. The van der Waals surface area contributed by atoms with Crippen molar-refractivity contribution < 1.29 is 22.7 Å². The van der Waals surface area contributed by atoms with Gasteiger partial charge in [0.1, 0.15) is 5.82 Å². The van der Waals surface area contributed by atoms with E-state index >= 15 is 0 Å². The molecule has 2 rings (SSSR count). The number of hydrogen-bond acceptors (Lipinski definition) is 3. The lowest BCUT2D eigenvalue weighted by Crippen LogP contribution is -2.47. The third-order valence-electron chi connectivity index (χ3n) is 3.45. The Labute approximate surface area is 122 Å². The van der Waals surface area contributed by atoms with Crippen molar-refractivity contribution in [2.24, 2.45) is 5.92 Å². The van der Waals surface area contributed by atoms with Crippen molar-refractivity contribution >= 4 is 16.2 Å². The Morgan fingerprint density at radius 1 is 1.38 bits per heavy atom. The minimum Gasteiger partial charge on any atom is -0.481 e. The molecule has 2 N–H and O–H groups in total. The van der Waals surface area contributed by atoms with Gasteiger partial charge in [0.25, 0.3) is 10.2 Å². The first kappa shape index (κ1) is 15.9. The van der Waals surface area contributed by atoms with Gasteiger partial charge in [-0.2, -0.15) is 17.4 Å². The van der Waals surface area contributed by atoms with Gasteiger partial charge in [-0.1, -0.05) is 12.1 Å². The zero-order valence-electron chi connectivity index (χ0n) is 11.3. The fourth-order valence-electron chi connectivity index (χ4n) is 2.23. The van der Waals surface area contributed by atoms with Gasteiger partial charge in [-0.3, -0.25) is 4.79 Å². The molecule has 1 aromatic carbocycles. The molecule has 1 unspecified atom stereocenters. The molecule has 0 aromatic heterocycles. The van der Waals surface area contributed by atoms with Gasteiger partial charge in [-0.05, 0) is 30.5 Å². The number of piperidine rings is 1. The van der Waals surface area contributed by atoms with Gasteiger partial charge in [0, 0.05) is 19.6 Å².